The van der Waals surface area contributed by atoms with E-state index >= 15 is 0 Å². The van der Waals surface area contributed by atoms with E-state index in [4.69, 9.17) is 16.3 Å². The molecule has 0 aliphatic carbocycles. The lowest BCUT2D eigenvalue weighted by molar-refractivity contribution is 0.307. The summed E-state index contributed by atoms with van der Waals surface area (Å²) in [6, 6.07) is 7.70. The van der Waals surface area contributed by atoms with Crippen LogP contribution in [0.2, 0.25) is 24.7 Å². The van der Waals surface area contributed by atoms with Crippen molar-refractivity contribution >= 4 is 31.0 Å². The summed E-state index contributed by atoms with van der Waals surface area (Å²) in [5, 5.41) is 4.79. The maximum Gasteiger partial charge on any atom is 0.146 e. The zero-order valence-corrected chi connectivity index (χ0v) is 14.4. The molecule has 0 aliphatic rings. The molecule has 0 unspecified atom stereocenters. The monoisotopic (exact) mass is 320 g/mol. The number of benzene rings is 1. The molecule has 0 saturated carbocycles. The Kier molecular flexibility index (Phi) is 4.93. The van der Waals surface area contributed by atoms with Crippen molar-refractivity contribution in [2.75, 3.05) is 0 Å². The van der Waals surface area contributed by atoms with Gasteiger partial charge in [0.15, 0.2) is 0 Å². The third-order valence-corrected chi connectivity index (χ3v) is 4.36. The highest BCUT2D eigenvalue weighted by atomic mass is 35.5. The standard InChI is InChI=1S/C16H17ClOSSi/c1-20(2,3)9-8-14-11-19-12-16(14)18-10-13-4-6-15(17)7-5-13/h4-7,11-12H,10H2,1-3H3. The molecule has 0 fully saturated rings. The van der Waals surface area contributed by atoms with Crippen molar-refractivity contribution in [1.82, 2.24) is 0 Å². The van der Waals surface area contributed by atoms with Crippen LogP contribution in [-0.2, 0) is 6.61 Å². The fraction of sp³-hybridized carbons (Fsp3) is 0.250. The van der Waals surface area contributed by atoms with E-state index < -0.39 is 8.07 Å². The first-order valence-electron chi connectivity index (χ1n) is 6.41. The Morgan fingerprint density at radius 3 is 2.50 bits per heavy atom. The van der Waals surface area contributed by atoms with Crippen LogP contribution in [0, 0.1) is 11.5 Å². The third kappa shape index (κ3) is 4.72. The van der Waals surface area contributed by atoms with E-state index in [-0.39, 0.29) is 0 Å². The number of rotatable bonds is 3. The lowest BCUT2D eigenvalue weighted by atomic mass is 10.2. The van der Waals surface area contributed by atoms with Gasteiger partial charge in [0.2, 0.25) is 0 Å². The van der Waals surface area contributed by atoms with Crippen molar-refractivity contribution in [3.8, 4) is 17.2 Å². The summed E-state index contributed by atoms with van der Waals surface area (Å²) < 4.78 is 5.85. The number of hydrogen-bond donors (Lipinski definition) is 0. The van der Waals surface area contributed by atoms with Gasteiger partial charge in [-0.2, -0.15) is 0 Å². The molecule has 2 aromatic rings. The van der Waals surface area contributed by atoms with E-state index in [0.29, 0.717) is 6.61 Å². The Hall–Kier alpha value is -1.21. The molecule has 20 heavy (non-hydrogen) atoms. The highest BCUT2D eigenvalue weighted by Gasteiger charge is 2.09. The molecule has 104 valence electrons. The molecular formula is C16H17ClOSSi. The van der Waals surface area contributed by atoms with Crippen LogP contribution in [0.15, 0.2) is 35.0 Å². The molecule has 1 heterocycles. The molecule has 0 spiro atoms. The van der Waals surface area contributed by atoms with Gasteiger partial charge in [0.25, 0.3) is 0 Å². The van der Waals surface area contributed by atoms with Crippen molar-refractivity contribution in [1.29, 1.82) is 0 Å². The van der Waals surface area contributed by atoms with Crippen molar-refractivity contribution in [2.24, 2.45) is 0 Å². The van der Waals surface area contributed by atoms with Gasteiger partial charge in [0.05, 0.1) is 5.56 Å². The first kappa shape index (κ1) is 15.2. The van der Waals surface area contributed by atoms with Crippen molar-refractivity contribution in [2.45, 2.75) is 26.2 Å². The maximum absolute atomic E-state index is 5.87. The number of hydrogen-bond acceptors (Lipinski definition) is 2. The van der Waals surface area contributed by atoms with Gasteiger partial charge in [0.1, 0.15) is 20.4 Å². The molecule has 0 aliphatic heterocycles. The van der Waals surface area contributed by atoms with Crippen LogP contribution in [0.5, 0.6) is 5.75 Å². The molecule has 0 atom stereocenters. The molecule has 0 amide bonds. The van der Waals surface area contributed by atoms with Crippen LogP contribution >= 0.6 is 22.9 Å². The predicted octanol–water partition coefficient (Wildman–Crippen LogP) is 5.21. The molecule has 2 rings (SSSR count). The molecule has 1 aromatic heterocycles. The van der Waals surface area contributed by atoms with Gasteiger partial charge in [-0.1, -0.05) is 49.3 Å². The zero-order chi connectivity index (χ0) is 14.6. The molecule has 0 bridgehead atoms. The van der Waals surface area contributed by atoms with Crippen LogP contribution in [0.1, 0.15) is 11.1 Å². The minimum atomic E-state index is -1.36. The molecule has 1 nitrogen and oxygen atoms in total. The van der Waals surface area contributed by atoms with E-state index in [9.17, 15) is 0 Å². The third-order valence-electron chi connectivity index (χ3n) is 2.51. The van der Waals surface area contributed by atoms with Crippen LogP contribution in [0.3, 0.4) is 0 Å². The Bertz CT molecular complexity index is 629. The second-order valence-corrected chi connectivity index (χ2v) is 11.5. The van der Waals surface area contributed by atoms with E-state index in [0.717, 1.165) is 21.9 Å². The lowest BCUT2D eigenvalue weighted by Gasteiger charge is -2.06. The van der Waals surface area contributed by atoms with Gasteiger partial charge in [-0.05, 0) is 17.7 Å². The number of halogens is 1. The summed E-state index contributed by atoms with van der Waals surface area (Å²) in [6.45, 7) is 7.25. The van der Waals surface area contributed by atoms with Gasteiger partial charge >= 0.3 is 0 Å². The summed E-state index contributed by atoms with van der Waals surface area (Å²) in [4.78, 5) is 0. The Morgan fingerprint density at radius 2 is 1.85 bits per heavy atom. The van der Waals surface area contributed by atoms with Gasteiger partial charge in [-0.15, -0.1) is 16.9 Å². The molecule has 0 saturated heterocycles. The summed E-state index contributed by atoms with van der Waals surface area (Å²) in [5.41, 5.74) is 5.46. The number of thiophene rings is 1. The fourth-order valence-electron chi connectivity index (χ4n) is 1.48. The summed E-state index contributed by atoms with van der Waals surface area (Å²) in [5.74, 6) is 4.13. The number of ether oxygens (including phenoxy) is 1. The van der Waals surface area contributed by atoms with Gasteiger partial charge in [-0.3, -0.25) is 0 Å². The molecule has 1 aromatic carbocycles. The second kappa shape index (κ2) is 6.49. The predicted molar refractivity (Wildman–Crippen MR) is 90.3 cm³/mol. The van der Waals surface area contributed by atoms with Crippen molar-refractivity contribution in [3.63, 3.8) is 0 Å². The second-order valence-electron chi connectivity index (χ2n) is 5.56. The van der Waals surface area contributed by atoms with Gasteiger partial charge < -0.3 is 4.74 Å². The fourth-order valence-corrected chi connectivity index (χ4v) is 2.82. The van der Waals surface area contributed by atoms with Gasteiger partial charge in [-0.25, -0.2) is 0 Å². The molecule has 4 heteroatoms. The SMILES string of the molecule is C[Si](C)(C)C#Cc1cscc1OCc1ccc(Cl)cc1. The normalized spacial score (nSPS) is 10.8. The molecule has 0 radical (unpaired) electrons. The van der Waals surface area contributed by atoms with E-state index in [1.165, 1.54) is 0 Å². The van der Waals surface area contributed by atoms with Crippen LogP contribution in [0.4, 0.5) is 0 Å². The minimum Gasteiger partial charge on any atom is -0.487 e. The van der Waals surface area contributed by atoms with Gasteiger partial charge in [0, 0.05) is 15.8 Å². The Morgan fingerprint density at radius 1 is 1.15 bits per heavy atom. The molecule has 0 N–H and O–H groups in total. The van der Waals surface area contributed by atoms with E-state index in [1.54, 1.807) is 11.3 Å². The largest absolute Gasteiger partial charge is 0.487 e. The summed E-state index contributed by atoms with van der Waals surface area (Å²) >= 11 is 7.49. The topological polar surface area (TPSA) is 9.23 Å². The summed E-state index contributed by atoms with van der Waals surface area (Å²) in [7, 11) is -1.36. The highest BCUT2D eigenvalue weighted by Crippen LogP contribution is 2.24. The maximum atomic E-state index is 5.87. The van der Waals surface area contributed by atoms with E-state index in [2.05, 4.69) is 31.1 Å². The van der Waals surface area contributed by atoms with Crippen molar-refractivity contribution < 1.29 is 4.74 Å². The smallest absolute Gasteiger partial charge is 0.146 e. The lowest BCUT2D eigenvalue weighted by Crippen LogP contribution is -2.16. The average Bonchev–Trinajstić information content (AvgIpc) is 2.82. The quantitative estimate of drug-likeness (QED) is 0.557. The summed E-state index contributed by atoms with van der Waals surface area (Å²) in [6.07, 6.45) is 0. The zero-order valence-electron chi connectivity index (χ0n) is 11.9. The Balaban J connectivity index is 2.05. The molecular weight excluding hydrogens is 304 g/mol. The van der Waals surface area contributed by atoms with E-state index in [1.807, 2.05) is 35.0 Å². The van der Waals surface area contributed by atoms with Crippen LogP contribution in [-0.4, -0.2) is 8.07 Å². The Labute approximate surface area is 130 Å². The van der Waals surface area contributed by atoms with Crippen LogP contribution in [0.25, 0.3) is 0 Å². The first-order valence-corrected chi connectivity index (χ1v) is 11.2. The minimum absolute atomic E-state index is 0.537. The van der Waals surface area contributed by atoms with Crippen LogP contribution < -0.4 is 4.74 Å². The first-order chi connectivity index (χ1) is 9.44. The highest BCUT2D eigenvalue weighted by molar-refractivity contribution is 7.08. The van der Waals surface area contributed by atoms with Crippen molar-refractivity contribution in [3.05, 3.63) is 51.2 Å². The average molecular weight is 321 g/mol.